The van der Waals surface area contributed by atoms with Crippen LogP contribution in [-0.4, -0.2) is 44.3 Å². The monoisotopic (exact) mass is 418 g/mol. The first-order valence-corrected chi connectivity index (χ1v) is 10.6. The maximum absolute atomic E-state index is 10.5. The largest absolute Gasteiger partial charge is 0.481 e. The molecule has 0 unspecified atom stereocenters. The van der Waals surface area contributed by atoms with E-state index in [0.717, 1.165) is 57.8 Å². The van der Waals surface area contributed by atoms with Crippen molar-refractivity contribution in [3.05, 3.63) is 0 Å². The minimum absolute atomic E-state index is 0.245. The Balaban J connectivity index is 0. The highest BCUT2D eigenvalue weighted by Crippen LogP contribution is 2.13. The number of unbranched alkanes of at least 4 members (excludes halogenated alkanes) is 10. The van der Waals surface area contributed by atoms with Gasteiger partial charge in [0.2, 0.25) is 0 Å². The van der Waals surface area contributed by atoms with Crippen LogP contribution in [0.3, 0.4) is 0 Å². The van der Waals surface area contributed by atoms with Crippen molar-refractivity contribution in [2.75, 3.05) is 0 Å². The first-order valence-electron chi connectivity index (χ1n) is 10.6. The molecule has 0 aliphatic rings. The minimum Gasteiger partial charge on any atom is -0.481 e. The predicted molar refractivity (Wildman–Crippen MR) is 109 cm³/mol. The number of carbonyl (C=O) groups is 4. The quantitative estimate of drug-likeness (QED) is 0.183. The fraction of sp³-hybridized carbons (Fsp3) is 0.810. The lowest BCUT2D eigenvalue weighted by Gasteiger charge is -2.06. The van der Waals surface area contributed by atoms with E-state index in [2.05, 4.69) is 6.92 Å². The SMILES string of the molecule is CCCCCCCCC(C(=O)O)C(=O)O.O=C(O)CCCCCCCCC(=O)O. The van der Waals surface area contributed by atoms with E-state index in [0.29, 0.717) is 6.42 Å². The van der Waals surface area contributed by atoms with Gasteiger partial charge in [-0.2, -0.15) is 0 Å². The van der Waals surface area contributed by atoms with Gasteiger partial charge in [-0.3, -0.25) is 19.2 Å². The predicted octanol–water partition coefficient (Wildman–Crippen LogP) is 4.80. The van der Waals surface area contributed by atoms with E-state index < -0.39 is 29.8 Å². The first kappa shape index (κ1) is 29.1. The molecule has 0 amide bonds. The molecule has 0 spiro atoms. The van der Waals surface area contributed by atoms with Crippen LogP contribution in [0.2, 0.25) is 0 Å². The maximum Gasteiger partial charge on any atom is 0.317 e. The summed E-state index contributed by atoms with van der Waals surface area (Å²) in [6.07, 6.45) is 12.3. The first-order chi connectivity index (χ1) is 13.7. The van der Waals surface area contributed by atoms with E-state index in [1.165, 1.54) is 12.8 Å². The van der Waals surface area contributed by atoms with Gasteiger partial charge < -0.3 is 20.4 Å². The van der Waals surface area contributed by atoms with E-state index in [9.17, 15) is 19.2 Å². The molecule has 0 saturated carbocycles. The molecule has 0 aliphatic carbocycles. The molecule has 0 radical (unpaired) electrons. The zero-order valence-corrected chi connectivity index (χ0v) is 17.6. The van der Waals surface area contributed by atoms with Crippen LogP contribution in [-0.2, 0) is 19.2 Å². The molecule has 0 aliphatic heterocycles. The van der Waals surface area contributed by atoms with Gasteiger partial charge in [-0.25, -0.2) is 0 Å². The van der Waals surface area contributed by atoms with Crippen molar-refractivity contribution in [1.82, 2.24) is 0 Å². The average molecular weight is 419 g/mol. The summed E-state index contributed by atoms with van der Waals surface area (Å²) in [6.45, 7) is 2.13. The number of carboxylic acid groups (broad SMARTS) is 4. The Hall–Kier alpha value is -2.12. The van der Waals surface area contributed by atoms with Gasteiger partial charge in [-0.1, -0.05) is 71.1 Å². The van der Waals surface area contributed by atoms with Crippen LogP contribution in [0.5, 0.6) is 0 Å². The van der Waals surface area contributed by atoms with Gasteiger partial charge in [0.05, 0.1) is 0 Å². The molecule has 0 rings (SSSR count). The number of hydrogen-bond acceptors (Lipinski definition) is 4. The molecule has 0 atom stereocenters. The van der Waals surface area contributed by atoms with Crippen molar-refractivity contribution in [2.45, 2.75) is 103 Å². The number of carboxylic acids is 4. The lowest BCUT2D eigenvalue weighted by atomic mass is 10.0. The highest BCUT2D eigenvalue weighted by atomic mass is 16.4. The number of hydrogen-bond donors (Lipinski definition) is 4. The van der Waals surface area contributed by atoms with Crippen LogP contribution in [0.25, 0.3) is 0 Å². The molecule has 0 aromatic rings. The normalized spacial score (nSPS) is 10.3. The third-order valence-corrected chi connectivity index (χ3v) is 4.47. The van der Waals surface area contributed by atoms with E-state index in [-0.39, 0.29) is 19.3 Å². The third kappa shape index (κ3) is 23.8. The van der Waals surface area contributed by atoms with E-state index in [1.54, 1.807) is 0 Å². The molecule has 170 valence electrons. The van der Waals surface area contributed by atoms with Crippen LogP contribution in [0, 0.1) is 5.92 Å². The summed E-state index contributed by atoms with van der Waals surface area (Å²) in [6, 6.07) is 0. The van der Waals surface area contributed by atoms with E-state index in [4.69, 9.17) is 20.4 Å². The summed E-state index contributed by atoms with van der Waals surface area (Å²) in [5.41, 5.74) is 0. The zero-order valence-electron chi connectivity index (χ0n) is 17.6. The maximum atomic E-state index is 10.5. The van der Waals surface area contributed by atoms with Crippen LogP contribution in [0.15, 0.2) is 0 Å². The molecule has 0 fully saturated rings. The Kier molecular flexibility index (Phi) is 20.7. The summed E-state index contributed by atoms with van der Waals surface area (Å²) in [5, 5.41) is 33.9. The number of aliphatic carboxylic acids is 4. The molecule has 0 aromatic carbocycles. The Bertz CT molecular complexity index is 428. The molecule has 8 nitrogen and oxygen atoms in total. The molecule has 0 bridgehead atoms. The Morgan fingerprint density at radius 1 is 0.552 bits per heavy atom. The van der Waals surface area contributed by atoms with Crippen molar-refractivity contribution < 1.29 is 39.6 Å². The summed E-state index contributed by atoms with van der Waals surface area (Å²) < 4.78 is 0. The van der Waals surface area contributed by atoms with Gasteiger partial charge in [-0.15, -0.1) is 0 Å². The second-order valence-corrected chi connectivity index (χ2v) is 7.19. The van der Waals surface area contributed by atoms with Gasteiger partial charge in [0, 0.05) is 12.8 Å². The van der Waals surface area contributed by atoms with Gasteiger partial charge >= 0.3 is 23.9 Å². The second-order valence-electron chi connectivity index (χ2n) is 7.19. The van der Waals surface area contributed by atoms with Gasteiger partial charge in [0.15, 0.2) is 5.92 Å². The summed E-state index contributed by atoms with van der Waals surface area (Å²) in [4.78, 5) is 41.3. The lowest BCUT2D eigenvalue weighted by molar-refractivity contribution is -0.155. The van der Waals surface area contributed by atoms with Crippen molar-refractivity contribution in [3.8, 4) is 0 Å². The fourth-order valence-corrected chi connectivity index (χ4v) is 2.74. The average Bonchev–Trinajstić information content (AvgIpc) is 2.62. The molecular weight excluding hydrogens is 380 g/mol. The van der Waals surface area contributed by atoms with E-state index >= 15 is 0 Å². The number of rotatable bonds is 18. The van der Waals surface area contributed by atoms with Gasteiger partial charge in [-0.05, 0) is 19.3 Å². The topological polar surface area (TPSA) is 149 Å². The molecule has 0 saturated heterocycles. The summed E-state index contributed by atoms with van der Waals surface area (Å²) in [5.74, 6) is -5.16. The highest BCUT2D eigenvalue weighted by Gasteiger charge is 2.24. The fourth-order valence-electron chi connectivity index (χ4n) is 2.74. The molecule has 29 heavy (non-hydrogen) atoms. The minimum atomic E-state index is -1.23. The Morgan fingerprint density at radius 2 is 0.897 bits per heavy atom. The van der Waals surface area contributed by atoms with Gasteiger partial charge in [0.25, 0.3) is 0 Å². The molecule has 0 heterocycles. The molecule has 0 aromatic heterocycles. The Morgan fingerprint density at radius 3 is 1.24 bits per heavy atom. The van der Waals surface area contributed by atoms with Crippen molar-refractivity contribution >= 4 is 23.9 Å². The standard InChI is InChI=1S/C11H20O4.C10H18O4/c1-2-3-4-5-6-7-8-9(10(12)13)11(14)15;11-9(12)7-5-3-1-2-4-6-8-10(13)14/h9H,2-8H2,1H3,(H,12,13)(H,14,15);1-8H2,(H,11,12)(H,13,14). The highest BCUT2D eigenvalue weighted by molar-refractivity contribution is 5.92. The molecule has 8 heteroatoms. The van der Waals surface area contributed by atoms with Crippen molar-refractivity contribution in [2.24, 2.45) is 5.92 Å². The van der Waals surface area contributed by atoms with Crippen LogP contribution >= 0.6 is 0 Å². The smallest absolute Gasteiger partial charge is 0.317 e. The van der Waals surface area contributed by atoms with E-state index in [1.807, 2.05) is 0 Å². The summed E-state index contributed by atoms with van der Waals surface area (Å²) >= 11 is 0. The lowest BCUT2D eigenvalue weighted by Crippen LogP contribution is -2.23. The van der Waals surface area contributed by atoms with Crippen molar-refractivity contribution in [3.63, 3.8) is 0 Å². The third-order valence-electron chi connectivity index (χ3n) is 4.47. The second kappa shape index (κ2) is 20.6. The van der Waals surface area contributed by atoms with Gasteiger partial charge in [0.1, 0.15) is 0 Å². The summed E-state index contributed by atoms with van der Waals surface area (Å²) in [7, 11) is 0. The van der Waals surface area contributed by atoms with Crippen LogP contribution in [0.4, 0.5) is 0 Å². The van der Waals surface area contributed by atoms with Crippen molar-refractivity contribution in [1.29, 1.82) is 0 Å². The van der Waals surface area contributed by atoms with Crippen LogP contribution in [0.1, 0.15) is 103 Å². The molecule has 4 N–H and O–H groups in total. The molecular formula is C21H38O8. The zero-order chi connectivity index (χ0) is 22.5. The van der Waals surface area contributed by atoms with Crippen LogP contribution < -0.4 is 0 Å². The Labute approximate surface area is 173 Å².